The first-order valence-corrected chi connectivity index (χ1v) is 1.93. The monoisotopic (exact) mass is 304 g/mol. The average molecular weight is 303 g/mol. The van der Waals surface area contributed by atoms with Crippen LogP contribution < -0.4 is 5.63 Å². The van der Waals surface area contributed by atoms with E-state index < -0.39 is 0 Å². The first-order chi connectivity index (χ1) is 3.39. The van der Waals surface area contributed by atoms with Gasteiger partial charge < -0.3 is 4.42 Å². The summed E-state index contributed by atoms with van der Waals surface area (Å²) >= 11 is 0. The Hall–Kier alpha value is -0.128. The molecule has 0 aliphatic carbocycles. The molecule has 0 saturated carbocycles. The second-order valence-electron chi connectivity index (χ2n) is 1.12. The molecule has 4 radical (unpaired) electrons. The molecule has 0 bridgehead atoms. The molecule has 8 heavy (non-hydrogen) atoms. The predicted molar refractivity (Wildman–Crippen MR) is 30.7 cm³/mol. The van der Waals surface area contributed by atoms with Crippen molar-refractivity contribution < 1.29 is 4.42 Å². The molecular formula is C5H4O2Pb. The molecule has 1 aromatic rings. The topological polar surface area (TPSA) is 30.2 Å². The Kier molecular flexibility index (Phi) is 3.76. The molecule has 0 spiro atoms. The van der Waals surface area contributed by atoms with E-state index in [-0.39, 0.29) is 32.9 Å². The smallest absolute Gasteiger partial charge is 0.335 e. The van der Waals surface area contributed by atoms with E-state index in [0.717, 1.165) is 0 Å². The quantitative estimate of drug-likeness (QED) is 0.644. The van der Waals surface area contributed by atoms with E-state index in [1.54, 1.807) is 12.1 Å². The molecule has 0 saturated heterocycles. The maximum atomic E-state index is 10.1. The van der Waals surface area contributed by atoms with Crippen LogP contribution in [0.2, 0.25) is 0 Å². The molecule has 0 amide bonds. The van der Waals surface area contributed by atoms with E-state index in [1.807, 2.05) is 0 Å². The van der Waals surface area contributed by atoms with Gasteiger partial charge in [-0.1, -0.05) is 6.07 Å². The molecule has 0 aromatic carbocycles. The van der Waals surface area contributed by atoms with Gasteiger partial charge in [-0.25, -0.2) is 4.79 Å². The molecule has 0 fully saturated rings. The van der Waals surface area contributed by atoms with Crippen LogP contribution in [0.3, 0.4) is 0 Å². The minimum atomic E-state index is -0.303. The van der Waals surface area contributed by atoms with Gasteiger partial charge >= 0.3 is 5.63 Å². The second-order valence-corrected chi connectivity index (χ2v) is 1.12. The van der Waals surface area contributed by atoms with Crippen molar-refractivity contribution in [1.82, 2.24) is 0 Å². The van der Waals surface area contributed by atoms with Gasteiger partial charge in [-0.05, 0) is 6.07 Å². The van der Waals surface area contributed by atoms with Crippen LogP contribution >= 0.6 is 0 Å². The van der Waals surface area contributed by atoms with Crippen LogP contribution in [0.5, 0.6) is 0 Å². The van der Waals surface area contributed by atoms with Crippen LogP contribution in [0.4, 0.5) is 0 Å². The molecule has 0 aliphatic heterocycles. The zero-order valence-electron chi connectivity index (χ0n) is 4.13. The maximum absolute atomic E-state index is 10.1. The third kappa shape index (κ3) is 2.25. The maximum Gasteiger partial charge on any atom is 0.335 e. The number of rotatable bonds is 0. The van der Waals surface area contributed by atoms with Crippen molar-refractivity contribution in [2.45, 2.75) is 0 Å². The molecule has 0 atom stereocenters. The largest absolute Gasteiger partial charge is 0.431 e. The van der Waals surface area contributed by atoms with Crippen molar-refractivity contribution in [2.75, 3.05) is 0 Å². The minimum Gasteiger partial charge on any atom is -0.431 e. The SMILES string of the molecule is O=c1cccco1.[Pb]. The molecule has 1 rings (SSSR count). The van der Waals surface area contributed by atoms with Gasteiger partial charge in [0.25, 0.3) is 0 Å². The average Bonchev–Trinajstić information content (AvgIpc) is 1.69. The first kappa shape index (κ1) is 7.87. The van der Waals surface area contributed by atoms with Gasteiger partial charge in [-0.15, -0.1) is 0 Å². The van der Waals surface area contributed by atoms with Crippen molar-refractivity contribution in [1.29, 1.82) is 0 Å². The molecule has 0 aliphatic rings. The Bertz CT molecular complexity index is 176. The Morgan fingerprint density at radius 2 is 2.12 bits per heavy atom. The van der Waals surface area contributed by atoms with Crippen LogP contribution in [0.15, 0.2) is 33.7 Å². The van der Waals surface area contributed by atoms with Crippen LogP contribution in [0.1, 0.15) is 0 Å². The van der Waals surface area contributed by atoms with Crippen LogP contribution in [0.25, 0.3) is 0 Å². The molecule has 1 heterocycles. The molecule has 0 N–H and O–H groups in total. The van der Waals surface area contributed by atoms with E-state index in [2.05, 4.69) is 4.42 Å². The van der Waals surface area contributed by atoms with Crippen molar-refractivity contribution in [3.05, 3.63) is 34.9 Å². The molecule has 0 unspecified atom stereocenters. The van der Waals surface area contributed by atoms with Gasteiger partial charge in [0.1, 0.15) is 0 Å². The zero-order valence-corrected chi connectivity index (χ0v) is 8.01. The van der Waals surface area contributed by atoms with Crippen molar-refractivity contribution >= 4 is 27.3 Å². The summed E-state index contributed by atoms with van der Waals surface area (Å²) in [5.41, 5.74) is -0.303. The normalized spacial score (nSPS) is 7.50. The third-order valence-electron chi connectivity index (χ3n) is 0.606. The Balaban J connectivity index is 0.000000490. The molecule has 40 valence electrons. The minimum absolute atomic E-state index is 0. The summed E-state index contributed by atoms with van der Waals surface area (Å²) in [6.07, 6.45) is 1.35. The van der Waals surface area contributed by atoms with Crippen LogP contribution in [-0.2, 0) is 0 Å². The number of hydrogen-bond donors (Lipinski definition) is 0. The van der Waals surface area contributed by atoms with E-state index in [4.69, 9.17) is 0 Å². The zero-order chi connectivity index (χ0) is 5.11. The van der Waals surface area contributed by atoms with Crippen molar-refractivity contribution in [3.8, 4) is 0 Å². The molecule has 2 nitrogen and oxygen atoms in total. The molecule has 1 aromatic heterocycles. The predicted octanol–water partition coefficient (Wildman–Crippen LogP) is 0.259. The van der Waals surface area contributed by atoms with Gasteiger partial charge in [-0.2, -0.15) is 0 Å². The standard InChI is InChI=1S/C5H4O2.Pb/c6-5-3-1-2-4-7-5;/h1-4H;. The Morgan fingerprint density at radius 3 is 2.38 bits per heavy atom. The Morgan fingerprint density at radius 1 is 1.38 bits per heavy atom. The summed E-state index contributed by atoms with van der Waals surface area (Å²) in [5, 5.41) is 0. The third-order valence-corrected chi connectivity index (χ3v) is 0.606. The van der Waals surface area contributed by atoms with Gasteiger partial charge in [-0.3, -0.25) is 0 Å². The molecule has 3 heteroatoms. The summed E-state index contributed by atoms with van der Waals surface area (Å²) in [6.45, 7) is 0. The summed E-state index contributed by atoms with van der Waals surface area (Å²) in [7, 11) is 0. The summed E-state index contributed by atoms with van der Waals surface area (Å²) < 4.78 is 4.37. The fourth-order valence-electron chi connectivity index (χ4n) is 0.325. The van der Waals surface area contributed by atoms with Gasteiger partial charge in [0.2, 0.25) is 0 Å². The van der Waals surface area contributed by atoms with E-state index in [9.17, 15) is 4.79 Å². The van der Waals surface area contributed by atoms with Crippen molar-refractivity contribution in [2.24, 2.45) is 0 Å². The summed E-state index contributed by atoms with van der Waals surface area (Å²) in [4.78, 5) is 10.1. The first-order valence-electron chi connectivity index (χ1n) is 1.93. The van der Waals surface area contributed by atoms with Crippen LogP contribution in [-0.4, -0.2) is 27.3 Å². The number of hydrogen-bond acceptors (Lipinski definition) is 2. The molecular weight excluding hydrogens is 299 g/mol. The van der Waals surface area contributed by atoms with Gasteiger partial charge in [0.15, 0.2) is 0 Å². The van der Waals surface area contributed by atoms with E-state index in [0.29, 0.717) is 0 Å². The summed E-state index contributed by atoms with van der Waals surface area (Å²) in [6, 6.07) is 4.65. The van der Waals surface area contributed by atoms with E-state index in [1.165, 1.54) is 12.3 Å². The van der Waals surface area contributed by atoms with Crippen molar-refractivity contribution in [3.63, 3.8) is 0 Å². The second kappa shape index (κ2) is 3.82. The summed E-state index contributed by atoms with van der Waals surface area (Å²) in [5.74, 6) is 0. The van der Waals surface area contributed by atoms with Gasteiger partial charge in [0, 0.05) is 33.4 Å². The van der Waals surface area contributed by atoms with E-state index >= 15 is 0 Å². The Labute approximate surface area is 66.7 Å². The van der Waals surface area contributed by atoms with Crippen LogP contribution in [0, 0.1) is 0 Å². The fourth-order valence-corrected chi connectivity index (χ4v) is 0.325. The van der Waals surface area contributed by atoms with Gasteiger partial charge in [0.05, 0.1) is 6.26 Å². The fraction of sp³-hybridized carbons (Fsp3) is 0.